The lowest BCUT2D eigenvalue weighted by Gasteiger charge is -2.19. The summed E-state index contributed by atoms with van der Waals surface area (Å²) in [5, 5.41) is 19.3. The van der Waals surface area contributed by atoms with Crippen molar-refractivity contribution in [3.05, 3.63) is 41.5 Å². The molecule has 4 heterocycles. The van der Waals surface area contributed by atoms with Gasteiger partial charge in [-0.15, -0.1) is 31.7 Å². The second-order valence-corrected chi connectivity index (χ2v) is 8.73. The zero-order valence-corrected chi connectivity index (χ0v) is 19.1. The third-order valence-corrected chi connectivity index (χ3v) is 6.49. The molecule has 0 spiro atoms. The number of aryl methyl sites for hydroxylation is 1. The van der Waals surface area contributed by atoms with E-state index in [1.54, 1.807) is 11.2 Å². The summed E-state index contributed by atoms with van der Waals surface area (Å²) in [4.78, 5) is 15.5. The smallest absolute Gasteiger partial charge is 0.257 e. The van der Waals surface area contributed by atoms with Crippen LogP contribution in [0, 0.1) is 6.92 Å². The van der Waals surface area contributed by atoms with E-state index in [0.29, 0.717) is 29.3 Å². The van der Waals surface area contributed by atoms with Crippen molar-refractivity contribution in [2.45, 2.75) is 32.0 Å². The van der Waals surface area contributed by atoms with Gasteiger partial charge in [-0.05, 0) is 30.9 Å². The molecule has 0 unspecified atom stereocenters. The summed E-state index contributed by atoms with van der Waals surface area (Å²) < 4.78 is 13.0. The van der Waals surface area contributed by atoms with Crippen LogP contribution in [0.1, 0.15) is 25.0 Å². The van der Waals surface area contributed by atoms with Gasteiger partial charge in [0.1, 0.15) is 5.76 Å². The highest BCUT2D eigenvalue weighted by molar-refractivity contribution is 7.99. The summed E-state index contributed by atoms with van der Waals surface area (Å²) in [5.74, 6) is 2.60. The van der Waals surface area contributed by atoms with E-state index in [2.05, 4.69) is 20.4 Å². The fourth-order valence-corrected chi connectivity index (χ4v) is 4.51. The van der Waals surface area contributed by atoms with Crippen molar-refractivity contribution >= 4 is 29.0 Å². The third kappa shape index (κ3) is 4.72. The van der Waals surface area contributed by atoms with E-state index >= 15 is 0 Å². The van der Waals surface area contributed by atoms with Gasteiger partial charge in [-0.25, -0.2) is 0 Å². The zero-order chi connectivity index (χ0) is 21.8. The monoisotopic (exact) mass is 458 g/mol. The van der Waals surface area contributed by atoms with Crippen LogP contribution in [-0.4, -0.2) is 48.1 Å². The quantitative estimate of drug-likeness (QED) is 0.346. The number of carbonyl (C=O) groups is 1. The molecule has 9 nitrogen and oxygen atoms in total. The molecule has 0 fully saturated rings. The van der Waals surface area contributed by atoms with E-state index in [4.69, 9.17) is 8.83 Å². The van der Waals surface area contributed by atoms with Crippen LogP contribution in [0.4, 0.5) is 0 Å². The second-order valence-electron chi connectivity index (χ2n) is 6.84. The van der Waals surface area contributed by atoms with Crippen molar-refractivity contribution in [2.24, 2.45) is 7.05 Å². The maximum Gasteiger partial charge on any atom is 0.257 e. The normalized spacial score (nSPS) is 11.2. The highest BCUT2D eigenvalue weighted by Crippen LogP contribution is 2.26. The lowest BCUT2D eigenvalue weighted by Crippen LogP contribution is -2.32. The van der Waals surface area contributed by atoms with Crippen LogP contribution in [0.2, 0.25) is 0 Å². The average Bonchev–Trinajstić information content (AvgIpc) is 3.54. The number of aromatic nitrogens is 5. The molecule has 4 aromatic heterocycles. The topological polar surface area (TPSA) is 103 Å². The summed E-state index contributed by atoms with van der Waals surface area (Å²) in [6.45, 7) is 4.79. The van der Waals surface area contributed by atoms with Crippen LogP contribution in [0.25, 0.3) is 22.2 Å². The van der Waals surface area contributed by atoms with Gasteiger partial charge in [0.05, 0.1) is 29.0 Å². The minimum Gasteiger partial charge on any atom is -0.469 e. The molecule has 0 saturated heterocycles. The molecule has 0 aliphatic carbocycles. The maximum atomic E-state index is 12.9. The number of hydrogen-bond donors (Lipinski definition) is 0. The van der Waals surface area contributed by atoms with Gasteiger partial charge < -0.3 is 18.3 Å². The minimum atomic E-state index is -0.0215. The highest BCUT2D eigenvalue weighted by Gasteiger charge is 2.20. The zero-order valence-electron chi connectivity index (χ0n) is 17.4. The molecule has 0 saturated carbocycles. The first-order chi connectivity index (χ1) is 15.1. The predicted molar refractivity (Wildman–Crippen MR) is 117 cm³/mol. The molecule has 0 N–H and O–H groups in total. The van der Waals surface area contributed by atoms with E-state index < -0.39 is 0 Å². The van der Waals surface area contributed by atoms with Gasteiger partial charge >= 0.3 is 0 Å². The molecule has 4 aromatic rings. The van der Waals surface area contributed by atoms with E-state index in [9.17, 15) is 4.79 Å². The molecule has 0 atom stereocenters. The Labute approximate surface area is 187 Å². The van der Waals surface area contributed by atoms with Crippen molar-refractivity contribution in [2.75, 3.05) is 12.3 Å². The molecule has 162 valence electrons. The predicted octanol–water partition coefficient (Wildman–Crippen LogP) is 4.03. The Morgan fingerprint density at radius 2 is 2.13 bits per heavy atom. The van der Waals surface area contributed by atoms with Crippen LogP contribution >= 0.6 is 23.1 Å². The number of thioether (sulfide) groups is 1. The average molecular weight is 459 g/mol. The molecule has 0 aromatic carbocycles. The summed E-state index contributed by atoms with van der Waals surface area (Å²) in [7, 11) is 1.88. The van der Waals surface area contributed by atoms with Gasteiger partial charge in [-0.2, -0.15) is 0 Å². The fourth-order valence-electron chi connectivity index (χ4n) is 3.05. The number of hydrogen-bond acceptors (Lipinski definition) is 9. The first-order valence-corrected chi connectivity index (χ1v) is 11.6. The Morgan fingerprint density at radius 3 is 2.84 bits per heavy atom. The Balaban J connectivity index is 1.40. The fraction of sp³-hybridized carbons (Fsp3) is 0.350. The molecular formula is C20H22N6O3S2. The lowest BCUT2D eigenvalue weighted by molar-refractivity contribution is -0.129. The number of nitrogens with zero attached hydrogens (tertiary/aromatic N) is 6. The van der Waals surface area contributed by atoms with Crippen molar-refractivity contribution in [1.29, 1.82) is 0 Å². The maximum absolute atomic E-state index is 12.9. The van der Waals surface area contributed by atoms with Crippen LogP contribution in [0.15, 0.2) is 43.8 Å². The van der Waals surface area contributed by atoms with Gasteiger partial charge in [-0.1, -0.05) is 24.8 Å². The number of thiophene rings is 1. The SMILES string of the molecule is CCCN(Cc1nnc(-c2cccs2)o1)C(=O)CSc1nnc(-c2ccoc2C)n1C. The van der Waals surface area contributed by atoms with E-state index in [-0.39, 0.29) is 18.2 Å². The van der Waals surface area contributed by atoms with Gasteiger partial charge in [0, 0.05) is 13.6 Å². The molecule has 1 amide bonds. The van der Waals surface area contributed by atoms with Crippen LogP contribution in [0.3, 0.4) is 0 Å². The van der Waals surface area contributed by atoms with E-state index in [1.807, 2.05) is 49.0 Å². The van der Waals surface area contributed by atoms with E-state index in [1.165, 1.54) is 23.1 Å². The third-order valence-electron chi connectivity index (χ3n) is 4.63. The Morgan fingerprint density at radius 1 is 1.26 bits per heavy atom. The largest absolute Gasteiger partial charge is 0.469 e. The first-order valence-electron chi connectivity index (χ1n) is 9.77. The van der Waals surface area contributed by atoms with Crippen LogP contribution in [0.5, 0.6) is 0 Å². The molecule has 4 rings (SSSR count). The lowest BCUT2D eigenvalue weighted by atomic mass is 10.2. The molecule has 0 aliphatic rings. The molecular weight excluding hydrogens is 436 g/mol. The summed E-state index contributed by atoms with van der Waals surface area (Å²) >= 11 is 2.88. The molecule has 0 aliphatic heterocycles. The number of rotatable bonds is 9. The molecule has 11 heteroatoms. The van der Waals surface area contributed by atoms with Gasteiger partial charge in [-0.3, -0.25) is 4.79 Å². The minimum absolute atomic E-state index is 0.0215. The van der Waals surface area contributed by atoms with Gasteiger partial charge in [0.25, 0.3) is 5.89 Å². The standard InChI is InChI=1S/C20H22N6O3S2/c1-4-8-26(11-16-21-23-19(29-16)15-6-5-10-30-15)17(27)12-31-20-24-22-18(25(20)3)14-7-9-28-13(14)2/h5-7,9-10H,4,8,11-12H2,1-3H3. The highest BCUT2D eigenvalue weighted by atomic mass is 32.2. The van der Waals surface area contributed by atoms with Crippen molar-refractivity contribution < 1.29 is 13.6 Å². The van der Waals surface area contributed by atoms with E-state index in [0.717, 1.165) is 22.6 Å². The Kier molecular flexibility index (Phi) is 6.52. The molecule has 0 bridgehead atoms. The second kappa shape index (κ2) is 9.48. The summed E-state index contributed by atoms with van der Waals surface area (Å²) in [6, 6.07) is 5.71. The van der Waals surface area contributed by atoms with Crippen molar-refractivity contribution in [3.8, 4) is 22.2 Å². The summed E-state index contributed by atoms with van der Waals surface area (Å²) in [6.07, 6.45) is 2.45. The molecule has 0 radical (unpaired) electrons. The van der Waals surface area contributed by atoms with Crippen molar-refractivity contribution in [3.63, 3.8) is 0 Å². The summed E-state index contributed by atoms with van der Waals surface area (Å²) in [5.41, 5.74) is 0.888. The number of carbonyl (C=O) groups excluding carboxylic acids is 1. The Bertz CT molecular complexity index is 1150. The van der Waals surface area contributed by atoms with Crippen LogP contribution < -0.4 is 0 Å². The number of furan rings is 1. The Hall–Kier alpha value is -2.92. The van der Waals surface area contributed by atoms with Crippen LogP contribution in [-0.2, 0) is 18.4 Å². The van der Waals surface area contributed by atoms with Crippen molar-refractivity contribution in [1.82, 2.24) is 29.9 Å². The number of amides is 1. The van der Waals surface area contributed by atoms with Gasteiger partial charge in [0.2, 0.25) is 11.8 Å². The van der Waals surface area contributed by atoms with Gasteiger partial charge in [0.15, 0.2) is 11.0 Å². The molecule has 31 heavy (non-hydrogen) atoms. The first kappa shape index (κ1) is 21.3.